The second kappa shape index (κ2) is 11.5. The molecule has 5 rings (SSSR count). The predicted molar refractivity (Wildman–Crippen MR) is 138 cm³/mol. The number of ether oxygens (including phenoxy) is 2. The third-order valence-corrected chi connectivity index (χ3v) is 9.06. The third kappa shape index (κ3) is 5.66. The van der Waals surface area contributed by atoms with Crippen molar-refractivity contribution in [3.8, 4) is 5.75 Å². The van der Waals surface area contributed by atoms with Crippen LogP contribution in [0.3, 0.4) is 0 Å². The summed E-state index contributed by atoms with van der Waals surface area (Å²) in [5.41, 5.74) is 1.76. The average Bonchev–Trinajstić information content (AvgIpc) is 3.60. The van der Waals surface area contributed by atoms with Gasteiger partial charge < -0.3 is 14.8 Å². The summed E-state index contributed by atoms with van der Waals surface area (Å²) in [4.78, 5) is 40.4. The Bertz CT molecular complexity index is 1360. The number of aryl methyl sites for hydroxylation is 1. The largest absolute Gasteiger partial charge is 0.497 e. The lowest BCUT2D eigenvalue weighted by atomic mass is 10.0. The van der Waals surface area contributed by atoms with Crippen LogP contribution in [0.4, 0.5) is 0 Å². The van der Waals surface area contributed by atoms with Crippen molar-refractivity contribution >= 4 is 52.6 Å². The Balaban J connectivity index is 1.31. The highest BCUT2D eigenvalue weighted by atomic mass is 32.2. The second-order valence-corrected chi connectivity index (χ2v) is 11.7. The van der Waals surface area contributed by atoms with Gasteiger partial charge in [-0.25, -0.2) is 9.48 Å². The van der Waals surface area contributed by atoms with Crippen LogP contribution in [0, 0.1) is 6.92 Å². The van der Waals surface area contributed by atoms with Crippen molar-refractivity contribution in [2.75, 3.05) is 18.6 Å². The maximum absolute atomic E-state index is 13.3. The van der Waals surface area contributed by atoms with Crippen molar-refractivity contribution in [2.24, 2.45) is 0 Å². The fourth-order valence-corrected chi connectivity index (χ4v) is 7.13. The summed E-state index contributed by atoms with van der Waals surface area (Å²) in [7, 11) is 1.58. The number of nitrogens with one attached hydrogen (secondary N) is 1. The number of β-lactam (4-membered cyclic amide) rings is 1. The van der Waals surface area contributed by atoms with Crippen LogP contribution >= 0.6 is 34.9 Å². The number of aromatic nitrogens is 6. The van der Waals surface area contributed by atoms with Crippen LogP contribution in [0.5, 0.6) is 5.75 Å². The Morgan fingerprint density at radius 1 is 1.24 bits per heavy atom. The molecule has 2 atom stereocenters. The molecule has 0 bridgehead atoms. The van der Waals surface area contributed by atoms with Crippen LogP contribution in [0.25, 0.3) is 0 Å². The zero-order valence-corrected chi connectivity index (χ0v) is 22.7. The van der Waals surface area contributed by atoms with Crippen LogP contribution in [0.2, 0.25) is 0 Å². The minimum Gasteiger partial charge on any atom is -0.497 e. The molecule has 2 aromatic heterocycles. The van der Waals surface area contributed by atoms with Crippen LogP contribution in [-0.2, 0) is 32.3 Å². The molecule has 0 spiro atoms. The van der Waals surface area contributed by atoms with Crippen LogP contribution in [0.15, 0.2) is 46.2 Å². The van der Waals surface area contributed by atoms with Gasteiger partial charge in [-0.15, -0.1) is 27.1 Å². The highest BCUT2D eigenvalue weighted by molar-refractivity contribution is 8.01. The van der Waals surface area contributed by atoms with E-state index in [1.54, 1.807) is 31.4 Å². The molecule has 0 radical (unpaired) electrons. The molecule has 1 unspecified atom stereocenters. The molecule has 13 nitrogen and oxygen atoms in total. The van der Waals surface area contributed by atoms with Gasteiger partial charge in [0.15, 0.2) is 4.34 Å². The van der Waals surface area contributed by atoms with E-state index in [0.717, 1.165) is 20.5 Å². The zero-order chi connectivity index (χ0) is 26.6. The predicted octanol–water partition coefficient (Wildman–Crippen LogP) is 1.03. The van der Waals surface area contributed by atoms with Crippen molar-refractivity contribution in [1.29, 1.82) is 0 Å². The molecule has 2 aliphatic heterocycles. The van der Waals surface area contributed by atoms with Crippen molar-refractivity contribution in [1.82, 2.24) is 40.6 Å². The van der Waals surface area contributed by atoms with E-state index in [9.17, 15) is 14.4 Å². The second-order valence-electron chi connectivity index (χ2n) is 8.21. The normalized spacial score (nSPS) is 18.6. The summed E-state index contributed by atoms with van der Waals surface area (Å²) in [5, 5.41) is 22.0. The molecule has 1 fully saturated rings. The maximum atomic E-state index is 13.3. The molecular weight excluding hydrogens is 552 g/mol. The summed E-state index contributed by atoms with van der Waals surface area (Å²) in [5.74, 6) is 0.254. The Morgan fingerprint density at radius 3 is 2.74 bits per heavy atom. The van der Waals surface area contributed by atoms with E-state index in [4.69, 9.17) is 9.47 Å². The first-order valence-electron chi connectivity index (χ1n) is 11.3. The minimum absolute atomic E-state index is 0.0360. The van der Waals surface area contributed by atoms with Crippen molar-refractivity contribution in [2.45, 2.75) is 35.8 Å². The number of esters is 1. The molecule has 38 heavy (non-hydrogen) atoms. The Kier molecular flexibility index (Phi) is 7.90. The first-order valence-corrected chi connectivity index (χ1v) is 14.2. The fraction of sp³-hybridized carbons (Fsp3) is 0.364. The lowest BCUT2D eigenvalue weighted by molar-refractivity contribution is -0.153. The number of tetrazole rings is 1. The van der Waals surface area contributed by atoms with Crippen molar-refractivity contribution in [3.05, 3.63) is 52.4 Å². The van der Waals surface area contributed by atoms with Gasteiger partial charge in [-0.2, -0.15) is 0 Å². The van der Waals surface area contributed by atoms with Crippen molar-refractivity contribution < 1.29 is 23.9 Å². The van der Waals surface area contributed by atoms with Gasteiger partial charge in [0, 0.05) is 11.5 Å². The maximum Gasteiger partial charge on any atom is 0.355 e. The van der Waals surface area contributed by atoms with Gasteiger partial charge in [0.25, 0.3) is 5.91 Å². The number of thioether (sulfide) groups is 2. The zero-order valence-electron chi connectivity index (χ0n) is 20.3. The molecule has 1 saturated heterocycles. The quantitative estimate of drug-likeness (QED) is 0.209. The number of carbonyl (C=O) groups excluding carboxylic acids is 3. The number of carbonyl (C=O) groups is 3. The number of amides is 2. The summed E-state index contributed by atoms with van der Waals surface area (Å²) in [6.45, 7) is 1.79. The van der Waals surface area contributed by atoms with Crippen LogP contribution in [-0.4, -0.2) is 83.1 Å². The van der Waals surface area contributed by atoms with Gasteiger partial charge in [-0.3, -0.25) is 14.5 Å². The number of fused-ring (bicyclic) bond motifs is 1. The third-order valence-electron chi connectivity index (χ3n) is 5.66. The standard InChI is InChI=1S/C22H22N8O5S3/c1-12-25-26-22(38-12)37-10-14-9-36-20-17(24-16(31)7-29-11-23-27-28-29)19(32)30(20)18(14)21(33)35-8-13-3-5-15(34-2)6-4-13/h3-6,11,17,20H,7-10H2,1-2H3,(H,24,31)/t17?,20-/m0/s1. The van der Waals surface area contributed by atoms with Gasteiger partial charge in [-0.1, -0.05) is 35.2 Å². The number of benzene rings is 1. The number of rotatable bonds is 10. The molecule has 3 aromatic rings. The van der Waals surface area contributed by atoms with Crippen LogP contribution < -0.4 is 10.1 Å². The molecule has 198 valence electrons. The number of nitrogens with zero attached hydrogens (tertiary/aromatic N) is 7. The Labute approximate surface area is 229 Å². The Morgan fingerprint density at radius 2 is 2.05 bits per heavy atom. The summed E-state index contributed by atoms with van der Waals surface area (Å²) in [6, 6.07) is 6.40. The van der Waals surface area contributed by atoms with Crippen molar-refractivity contribution in [3.63, 3.8) is 0 Å². The molecule has 1 N–H and O–H groups in total. The number of hydrogen-bond donors (Lipinski definition) is 1. The molecule has 16 heteroatoms. The number of methoxy groups -OCH3 is 1. The molecule has 1 aromatic carbocycles. The van der Waals surface area contributed by atoms with E-state index in [1.165, 1.54) is 50.8 Å². The van der Waals surface area contributed by atoms with Gasteiger partial charge in [0.1, 0.15) is 47.3 Å². The molecule has 2 aliphatic rings. The van der Waals surface area contributed by atoms with Gasteiger partial charge in [0.2, 0.25) is 5.91 Å². The SMILES string of the molecule is COc1ccc(COC(=O)C2=C(CSc3nnc(C)s3)CS[C@H]3C(NC(=O)Cn4cnnn4)C(=O)N23)cc1. The van der Waals surface area contributed by atoms with Crippen LogP contribution in [0.1, 0.15) is 10.6 Å². The lowest BCUT2D eigenvalue weighted by Gasteiger charge is -2.49. The van der Waals surface area contributed by atoms with E-state index in [-0.39, 0.29) is 24.8 Å². The summed E-state index contributed by atoms with van der Waals surface area (Å²) >= 11 is 4.39. The molecule has 0 saturated carbocycles. The first-order chi connectivity index (χ1) is 18.4. The lowest BCUT2D eigenvalue weighted by Crippen LogP contribution is -2.70. The minimum atomic E-state index is -0.770. The molecular formula is C22H22N8O5S3. The molecule has 4 heterocycles. The highest BCUT2D eigenvalue weighted by Crippen LogP contribution is 2.42. The van der Waals surface area contributed by atoms with E-state index in [2.05, 4.69) is 31.0 Å². The van der Waals surface area contributed by atoms with Gasteiger partial charge in [0.05, 0.1) is 7.11 Å². The van der Waals surface area contributed by atoms with E-state index >= 15 is 0 Å². The summed E-state index contributed by atoms with van der Waals surface area (Å²) in [6.07, 6.45) is 1.31. The first kappa shape index (κ1) is 26.1. The topological polar surface area (TPSA) is 154 Å². The number of hydrogen-bond acceptors (Lipinski definition) is 13. The van der Waals surface area contributed by atoms with E-state index in [0.29, 0.717) is 17.3 Å². The molecule has 2 amide bonds. The van der Waals surface area contributed by atoms with Gasteiger partial charge in [-0.05, 0) is 40.6 Å². The highest BCUT2D eigenvalue weighted by Gasteiger charge is 2.54. The molecule has 0 aliphatic carbocycles. The van der Waals surface area contributed by atoms with Gasteiger partial charge >= 0.3 is 5.97 Å². The monoisotopic (exact) mass is 574 g/mol. The fourth-order valence-electron chi connectivity index (χ4n) is 3.83. The average molecular weight is 575 g/mol. The van der Waals surface area contributed by atoms with E-state index in [1.807, 2.05) is 6.92 Å². The van der Waals surface area contributed by atoms with E-state index < -0.39 is 23.3 Å². The Hall–Kier alpha value is -3.50. The summed E-state index contributed by atoms with van der Waals surface area (Å²) < 4.78 is 12.8. The smallest absolute Gasteiger partial charge is 0.355 e.